The molecule has 1 aromatic carbocycles. The van der Waals surface area contributed by atoms with Gasteiger partial charge in [0.25, 0.3) is 5.91 Å². The second-order valence-corrected chi connectivity index (χ2v) is 9.52. The zero-order valence-corrected chi connectivity index (χ0v) is 19.9. The number of halogens is 1. The van der Waals surface area contributed by atoms with Crippen molar-refractivity contribution in [3.05, 3.63) is 39.8 Å². The fourth-order valence-electron chi connectivity index (χ4n) is 4.15. The van der Waals surface area contributed by atoms with Crippen molar-refractivity contribution in [1.82, 2.24) is 10.2 Å². The quantitative estimate of drug-likeness (QED) is 0.464. The van der Waals surface area contributed by atoms with Gasteiger partial charge in [0.1, 0.15) is 0 Å². The first-order valence-electron chi connectivity index (χ1n) is 10.8. The molecule has 1 aromatic rings. The molecule has 3 atom stereocenters. The summed E-state index contributed by atoms with van der Waals surface area (Å²) in [7, 11) is 1.84. The number of nitrogens with one attached hydrogen (secondary N) is 1. The molecule has 6 nitrogen and oxygen atoms in total. The molecule has 8 heteroatoms. The minimum absolute atomic E-state index is 0.0000364. The van der Waals surface area contributed by atoms with Crippen molar-refractivity contribution in [3.8, 4) is 0 Å². The first-order chi connectivity index (χ1) is 14.9. The third-order valence-corrected chi connectivity index (χ3v) is 7.36. The van der Waals surface area contributed by atoms with Gasteiger partial charge in [0.2, 0.25) is 5.91 Å². The number of amides is 2. The molecule has 3 unspecified atom stereocenters. The Morgan fingerprint density at radius 1 is 1.32 bits per heavy atom. The van der Waals surface area contributed by atoms with Gasteiger partial charge in [-0.1, -0.05) is 23.7 Å². The Balaban J connectivity index is 1.61. The molecule has 3 rings (SSSR count). The Hall–Kier alpha value is -1.54. The highest BCUT2D eigenvalue weighted by atomic mass is 35.5. The molecule has 31 heavy (non-hydrogen) atoms. The lowest BCUT2D eigenvalue weighted by atomic mass is 9.83. The van der Waals surface area contributed by atoms with Crippen molar-refractivity contribution >= 4 is 41.3 Å². The van der Waals surface area contributed by atoms with Crippen LogP contribution < -0.4 is 5.32 Å². The maximum atomic E-state index is 13.0. The van der Waals surface area contributed by atoms with Crippen LogP contribution in [0.25, 0.3) is 6.08 Å². The van der Waals surface area contributed by atoms with Crippen molar-refractivity contribution < 1.29 is 19.1 Å². The number of hydrogen-bond acceptors (Lipinski definition) is 5. The monoisotopic (exact) mass is 466 g/mol. The van der Waals surface area contributed by atoms with Gasteiger partial charge in [-0.15, -0.1) is 11.8 Å². The Morgan fingerprint density at radius 3 is 2.74 bits per heavy atom. The average Bonchev–Trinajstić information content (AvgIpc) is 2.75. The molecule has 2 fully saturated rings. The summed E-state index contributed by atoms with van der Waals surface area (Å²) < 4.78 is 11.0. The average molecular weight is 467 g/mol. The number of carbonyl (C=O) groups is 2. The summed E-state index contributed by atoms with van der Waals surface area (Å²) in [6.45, 7) is 5.20. The van der Waals surface area contributed by atoms with E-state index < -0.39 is 6.29 Å². The summed E-state index contributed by atoms with van der Waals surface area (Å²) in [5.74, 6) is -0.103. The van der Waals surface area contributed by atoms with Crippen LogP contribution in [0.4, 0.5) is 0 Å². The van der Waals surface area contributed by atoms with Crippen LogP contribution in [0.5, 0.6) is 0 Å². The maximum absolute atomic E-state index is 13.0. The van der Waals surface area contributed by atoms with Gasteiger partial charge in [-0.3, -0.25) is 9.59 Å². The molecular formula is C23H31ClN2O4S. The summed E-state index contributed by atoms with van der Waals surface area (Å²) in [4.78, 5) is 28.3. The number of thioether (sulfide) groups is 1. The number of nitrogens with zero attached hydrogens (tertiary/aromatic N) is 1. The standard InChI is InChI=1S/C23H31ClN2O4S/c1-4-29-21(30-5-2)14-25-22(27)16-9-10-19-18(13-16)26(3)23(28)20(31-19)12-15-7-6-8-17(24)11-15/h6-8,11-12,16,18-19,21H,4-5,9-10,13-14H2,1-3H3,(H,25,27)/b20-12-. The Kier molecular flexibility index (Phi) is 8.84. The molecule has 1 heterocycles. The van der Waals surface area contributed by atoms with Crippen molar-refractivity contribution in [1.29, 1.82) is 0 Å². The second kappa shape index (κ2) is 11.4. The minimum atomic E-state index is -0.427. The van der Waals surface area contributed by atoms with E-state index in [1.165, 1.54) is 0 Å². The van der Waals surface area contributed by atoms with Crippen molar-refractivity contribution in [2.45, 2.75) is 50.7 Å². The lowest BCUT2D eigenvalue weighted by Crippen LogP contribution is -2.52. The maximum Gasteiger partial charge on any atom is 0.260 e. The molecule has 2 aliphatic rings. The number of benzene rings is 1. The zero-order chi connectivity index (χ0) is 22.4. The molecule has 1 aliphatic heterocycles. The molecule has 1 N–H and O–H groups in total. The van der Waals surface area contributed by atoms with Gasteiger partial charge in [0, 0.05) is 42.5 Å². The van der Waals surface area contributed by atoms with Gasteiger partial charge in [0.15, 0.2) is 6.29 Å². The van der Waals surface area contributed by atoms with Gasteiger partial charge in [-0.25, -0.2) is 0 Å². The Labute approximate surface area is 193 Å². The van der Waals surface area contributed by atoms with Gasteiger partial charge < -0.3 is 19.7 Å². The summed E-state index contributed by atoms with van der Waals surface area (Å²) in [5, 5.41) is 3.91. The molecule has 1 saturated carbocycles. The number of carbonyl (C=O) groups excluding carboxylic acids is 2. The molecule has 0 spiro atoms. The molecule has 170 valence electrons. The fourth-order valence-corrected chi connectivity index (χ4v) is 5.83. The van der Waals surface area contributed by atoms with E-state index >= 15 is 0 Å². The van der Waals surface area contributed by atoms with Crippen LogP contribution in [0.1, 0.15) is 38.7 Å². The largest absolute Gasteiger partial charge is 0.351 e. The van der Waals surface area contributed by atoms with Crippen LogP contribution in [-0.2, 0) is 19.1 Å². The topological polar surface area (TPSA) is 67.9 Å². The van der Waals surface area contributed by atoms with E-state index in [9.17, 15) is 9.59 Å². The van der Waals surface area contributed by atoms with Gasteiger partial charge in [-0.2, -0.15) is 0 Å². The van der Waals surface area contributed by atoms with E-state index in [0.717, 1.165) is 23.3 Å². The predicted molar refractivity (Wildman–Crippen MR) is 125 cm³/mol. The summed E-state index contributed by atoms with van der Waals surface area (Å²) in [6, 6.07) is 7.54. The van der Waals surface area contributed by atoms with E-state index in [-0.39, 0.29) is 29.0 Å². The van der Waals surface area contributed by atoms with E-state index in [2.05, 4.69) is 5.32 Å². The van der Waals surface area contributed by atoms with Crippen molar-refractivity contribution in [2.75, 3.05) is 26.8 Å². The SMILES string of the molecule is CCOC(CNC(=O)C1CCC2S/C(=C\c3cccc(Cl)c3)C(=O)N(C)C2C1)OCC. The van der Waals surface area contributed by atoms with Crippen LogP contribution in [0.2, 0.25) is 5.02 Å². The van der Waals surface area contributed by atoms with Gasteiger partial charge >= 0.3 is 0 Å². The molecule has 1 aliphatic carbocycles. The van der Waals surface area contributed by atoms with Crippen LogP contribution >= 0.6 is 23.4 Å². The lowest BCUT2D eigenvalue weighted by molar-refractivity contribution is -0.143. The molecule has 0 bridgehead atoms. The van der Waals surface area contributed by atoms with Gasteiger partial charge in [0.05, 0.1) is 11.4 Å². The van der Waals surface area contributed by atoms with E-state index in [1.54, 1.807) is 16.7 Å². The van der Waals surface area contributed by atoms with E-state index in [1.807, 2.05) is 51.2 Å². The third-order valence-electron chi connectivity index (χ3n) is 5.73. The van der Waals surface area contributed by atoms with Gasteiger partial charge in [-0.05, 0) is 56.9 Å². The Bertz CT molecular complexity index is 813. The lowest BCUT2D eigenvalue weighted by Gasteiger charge is -2.44. The van der Waals surface area contributed by atoms with Crippen molar-refractivity contribution in [2.24, 2.45) is 5.92 Å². The van der Waals surface area contributed by atoms with Crippen LogP contribution in [0.15, 0.2) is 29.2 Å². The summed E-state index contributed by atoms with van der Waals surface area (Å²) >= 11 is 7.71. The predicted octanol–water partition coefficient (Wildman–Crippen LogP) is 3.94. The van der Waals surface area contributed by atoms with E-state index in [4.69, 9.17) is 21.1 Å². The van der Waals surface area contributed by atoms with Crippen LogP contribution in [0, 0.1) is 5.92 Å². The molecule has 0 radical (unpaired) electrons. The summed E-state index contributed by atoms with van der Waals surface area (Å²) in [5.41, 5.74) is 0.918. The van der Waals surface area contributed by atoms with Crippen LogP contribution in [0.3, 0.4) is 0 Å². The zero-order valence-electron chi connectivity index (χ0n) is 18.3. The number of hydrogen-bond donors (Lipinski definition) is 1. The highest BCUT2D eigenvalue weighted by molar-refractivity contribution is 8.04. The Morgan fingerprint density at radius 2 is 2.06 bits per heavy atom. The highest BCUT2D eigenvalue weighted by Crippen LogP contribution is 2.43. The highest BCUT2D eigenvalue weighted by Gasteiger charge is 2.42. The molecular weight excluding hydrogens is 436 g/mol. The minimum Gasteiger partial charge on any atom is -0.351 e. The smallest absolute Gasteiger partial charge is 0.260 e. The third kappa shape index (κ3) is 6.25. The second-order valence-electron chi connectivity index (χ2n) is 7.80. The van der Waals surface area contributed by atoms with Crippen LogP contribution in [-0.4, -0.2) is 61.1 Å². The first-order valence-corrected chi connectivity index (χ1v) is 12.1. The number of ether oxygens (including phenoxy) is 2. The number of likely N-dealkylation sites (N-methyl/N-ethyl adjacent to an activating group) is 1. The summed E-state index contributed by atoms with van der Waals surface area (Å²) in [6.07, 6.45) is 3.85. The fraction of sp³-hybridized carbons (Fsp3) is 0.565. The number of rotatable bonds is 8. The normalized spacial score (nSPS) is 25.1. The van der Waals surface area contributed by atoms with E-state index in [0.29, 0.717) is 31.2 Å². The first kappa shape index (κ1) is 24.1. The molecule has 0 aromatic heterocycles. The molecule has 1 saturated heterocycles. The number of fused-ring (bicyclic) bond motifs is 1. The van der Waals surface area contributed by atoms with Crippen molar-refractivity contribution in [3.63, 3.8) is 0 Å². The molecule has 2 amide bonds.